The summed E-state index contributed by atoms with van der Waals surface area (Å²) in [5.41, 5.74) is 0.395. The van der Waals surface area contributed by atoms with Crippen molar-refractivity contribution in [3.63, 3.8) is 0 Å². The Bertz CT molecular complexity index is 465. The van der Waals surface area contributed by atoms with Gasteiger partial charge in [-0.15, -0.1) is 11.6 Å². The van der Waals surface area contributed by atoms with Crippen molar-refractivity contribution in [3.8, 4) is 17.2 Å². The van der Waals surface area contributed by atoms with Crippen molar-refractivity contribution in [1.29, 1.82) is 0 Å². The molecule has 1 amide bonds. The largest absolute Gasteiger partial charge is 0.493 e. The molecule has 1 unspecified atom stereocenters. The highest BCUT2D eigenvalue weighted by molar-refractivity contribution is 6.17. The normalized spacial score (nSPS) is 11.7. The van der Waals surface area contributed by atoms with E-state index < -0.39 is 0 Å². The van der Waals surface area contributed by atoms with Crippen molar-refractivity contribution in [2.24, 2.45) is 0 Å². The highest BCUT2D eigenvalue weighted by atomic mass is 35.5. The van der Waals surface area contributed by atoms with Gasteiger partial charge in [0.2, 0.25) is 5.75 Å². The van der Waals surface area contributed by atoms with E-state index in [0.717, 1.165) is 0 Å². The van der Waals surface area contributed by atoms with Crippen LogP contribution in [0.3, 0.4) is 0 Å². The number of hydrogen-bond acceptors (Lipinski definition) is 4. The molecule has 6 heteroatoms. The summed E-state index contributed by atoms with van der Waals surface area (Å²) in [6.45, 7) is 1.90. The monoisotopic (exact) mass is 301 g/mol. The Morgan fingerprint density at radius 3 is 2.35 bits per heavy atom. The Hall–Kier alpha value is -1.62. The first-order chi connectivity index (χ1) is 9.58. The second-order valence-electron chi connectivity index (χ2n) is 4.23. The van der Waals surface area contributed by atoms with E-state index in [1.165, 1.54) is 21.3 Å². The molecule has 5 nitrogen and oxygen atoms in total. The number of carbonyl (C=O) groups is 1. The minimum atomic E-state index is -0.236. The van der Waals surface area contributed by atoms with E-state index in [2.05, 4.69) is 5.32 Å². The molecule has 0 aromatic heterocycles. The summed E-state index contributed by atoms with van der Waals surface area (Å²) >= 11 is 5.66. The molecule has 0 saturated carbocycles. The third-order valence-corrected chi connectivity index (χ3v) is 3.09. The molecule has 0 radical (unpaired) electrons. The first-order valence-electron chi connectivity index (χ1n) is 6.24. The summed E-state index contributed by atoms with van der Waals surface area (Å²) in [6.07, 6.45) is 0.697. The van der Waals surface area contributed by atoms with Crippen LogP contribution < -0.4 is 19.5 Å². The topological polar surface area (TPSA) is 56.8 Å². The molecule has 1 aromatic rings. The number of amides is 1. The van der Waals surface area contributed by atoms with Crippen LogP contribution in [0.1, 0.15) is 23.7 Å². The predicted octanol–water partition coefficient (Wildman–Crippen LogP) is 2.46. The zero-order valence-electron chi connectivity index (χ0n) is 12.2. The van der Waals surface area contributed by atoms with Crippen LogP contribution in [-0.4, -0.2) is 39.2 Å². The van der Waals surface area contributed by atoms with Crippen LogP contribution in [0.15, 0.2) is 12.1 Å². The third-order valence-electron chi connectivity index (χ3n) is 2.87. The van der Waals surface area contributed by atoms with E-state index in [1.807, 2.05) is 6.92 Å². The van der Waals surface area contributed by atoms with Gasteiger partial charge in [0.05, 0.1) is 26.9 Å². The van der Waals surface area contributed by atoms with Crippen LogP contribution in [0.2, 0.25) is 0 Å². The van der Waals surface area contributed by atoms with Crippen molar-refractivity contribution < 1.29 is 19.0 Å². The molecule has 0 aliphatic carbocycles. The Kier molecular flexibility index (Phi) is 6.45. The molecule has 0 bridgehead atoms. The summed E-state index contributed by atoms with van der Waals surface area (Å²) in [4.78, 5) is 12.2. The molecule has 112 valence electrons. The van der Waals surface area contributed by atoms with Crippen LogP contribution in [0.25, 0.3) is 0 Å². The van der Waals surface area contributed by atoms with Gasteiger partial charge in [-0.3, -0.25) is 4.79 Å². The Morgan fingerprint density at radius 2 is 1.85 bits per heavy atom. The van der Waals surface area contributed by atoms with Gasteiger partial charge in [-0.1, -0.05) is 0 Å². The summed E-state index contributed by atoms with van der Waals surface area (Å²) in [5.74, 6) is 1.51. The van der Waals surface area contributed by atoms with Gasteiger partial charge in [0.15, 0.2) is 11.5 Å². The van der Waals surface area contributed by atoms with Gasteiger partial charge in [-0.05, 0) is 25.5 Å². The van der Waals surface area contributed by atoms with E-state index in [-0.39, 0.29) is 11.9 Å². The van der Waals surface area contributed by atoms with Crippen molar-refractivity contribution in [3.05, 3.63) is 17.7 Å². The van der Waals surface area contributed by atoms with Gasteiger partial charge >= 0.3 is 0 Å². The van der Waals surface area contributed by atoms with Crippen LogP contribution in [0.4, 0.5) is 0 Å². The number of alkyl halides is 1. The lowest BCUT2D eigenvalue weighted by Crippen LogP contribution is -2.33. The molecule has 0 saturated heterocycles. The van der Waals surface area contributed by atoms with Crippen molar-refractivity contribution in [2.45, 2.75) is 19.4 Å². The van der Waals surface area contributed by atoms with Crippen molar-refractivity contribution in [1.82, 2.24) is 5.32 Å². The van der Waals surface area contributed by atoms with E-state index in [1.54, 1.807) is 12.1 Å². The molecular formula is C14H20ClNO4. The average molecular weight is 302 g/mol. The maximum Gasteiger partial charge on any atom is 0.255 e. The molecule has 1 N–H and O–H groups in total. The molecule has 0 aliphatic rings. The van der Waals surface area contributed by atoms with Gasteiger partial charge in [0, 0.05) is 11.9 Å². The lowest BCUT2D eigenvalue weighted by atomic mass is 10.1. The summed E-state index contributed by atoms with van der Waals surface area (Å²) < 4.78 is 15.7. The lowest BCUT2D eigenvalue weighted by molar-refractivity contribution is 0.0935. The van der Waals surface area contributed by atoms with Crippen LogP contribution in [0, 0.1) is 0 Å². The maximum atomic E-state index is 12.2. The molecule has 20 heavy (non-hydrogen) atoms. The highest BCUT2D eigenvalue weighted by Gasteiger charge is 2.21. The SMILES string of the molecule is COc1ccc(C(=O)NC(C)CCCl)c(OC)c1OC. The Morgan fingerprint density at radius 1 is 1.20 bits per heavy atom. The van der Waals surface area contributed by atoms with Crippen LogP contribution in [-0.2, 0) is 0 Å². The number of carbonyl (C=O) groups excluding carboxylic acids is 1. The summed E-state index contributed by atoms with van der Waals surface area (Å²) in [7, 11) is 4.51. The fourth-order valence-corrected chi connectivity index (χ4v) is 2.14. The quantitative estimate of drug-likeness (QED) is 0.786. The zero-order chi connectivity index (χ0) is 15.1. The fourth-order valence-electron chi connectivity index (χ4n) is 1.82. The van der Waals surface area contributed by atoms with Gasteiger partial charge in [0.1, 0.15) is 0 Å². The van der Waals surface area contributed by atoms with Gasteiger partial charge < -0.3 is 19.5 Å². The van der Waals surface area contributed by atoms with E-state index in [4.69, 9.17) is 25.8 Å². The van der Waals surface area contributed by atoms with Crippen LogP contribution in [0.5, 0.6) is 17.2 Å². The maximum absolute atomic E-state index is 12.2. The molecule has 0 heterocycles. The van der Waals surface area contributed by atoms with Crippen LogP contribution >= 0.6 is 11.6 Å². The minimum absolute atomic E-state index is 0.0159. The second kappa shape index (κ2) is 7.85. The molecular weight excluding hydrogens is 282 g/mol. The first kappa shape index (κ1) is 16.4. The lowest BCUT2D eigenvalue weighted by Gasteiger charge is -2.17. The minimum Gasteiger partial charge on any atom is -0.493 e. The number of halogens is 1. The molecule has 1 atom stereocenters. The summed E-state index contributed by atoms with van der Waals surface area (Å²) in [6, 6.07) is 3.30. The zero-order valence-corrected chi connectivity index (χ0v) is 12.9. The molecule has 1 rings (SSSR count). The smallest absolute Gasteiger partial charge is 0.255 e. The first-order valence-corrected chi connectivity index (χ1v) is 6.78. The highest BCUT2D eigenvalue weighted by Crippen LogP contribution is 2.39. The van der Waals surface area contributed by atoms with Gasteiger partial charge in [-0.2, -0.15) is 0 Å². The van der Waals surface area contributed by atoms with Gasteiger partial charge in [0.25, 0.3) is 5.91 Å². The molecule has 1 aromatic carbocycles. The second-order valence-corrected chi connectivity index (χ2v) is 4.61. The fraction of sp³-hybridized carbons (Fsp3) is 0.500. The number of nitrogens with one attached hydrogen (secondary N) is 1. The Labute approximate surface area is 124 Å². The number of ether oxygens (including phenoxy) is 3. The van der Waals surface area contributed by atoms with E-state index in [0.29, 0.717) is 35.1 Å². The van der Waals surface area contributed by atoms with Gasteiger partial charge in [-0.25, -0.2) is 0 Å². The van der Waals surface area contributed by atoms with Crippen molar-refractivity contribution in [2.75, 3.05) is 27.2 Å². The summed E-state index contributed by atoms with van der Waals surface area (Å²) in [5, 5.41) is 2.86. The molecule has 0 spiro atoms. The van der Waals surface area contributed by atoms with E-state index in [9.17, 15) is 4.79 Å². The van der Waals surface area contributed by atoms with E-state index >= 15 is 0 Å². The number of rotatable bonds is 7. The number of methoxy groups -OCH3 is 3. The third kappa shape index (κ3) is 3.70. The predicted molar refractivity (Wildman–Crippen MR) is 78.4 cm³/mol. The standard InChI is InChI=1S/C14H20ClNO4/c1-9(7-8-15)16-14(17)10-5-6-11(18-2)13(20-4)12(10)19-3/h5-6,9H,7-8H2,1-4H3,(H,16,17). The number of benzene rings is 1. The van der Waals surface area contributed by atoms with Crippen molar-refractivity contribution >= 4 is 17.5 Å². The molecule has 0 fully saturated rings. The average Bonchev–Trinajstić information content (AvgIpc) is 2.45. The molecule has 0 aliphatic heterocycles. The Balaban J connectivity index is 3.08. The number of hydrogen-bond donors (Lipinski definition) is 1.